The Kier molecular flexibility index (Phi) is 12.3. The molecule has 1 fully saturated rings. The highest BCUT2D eigenvalue weighted by Gasteiger charge is 2.32. The van der Waals surface area contributed by atoms with E-state index in [1.807, 2.05) is 61.7 Å². The zero-order valence-electron chi connectivity index (χ0n) is 25.1. The van der Waals surface area contributed by atoms with Crippen molar-refractivity contribution in [1.29, 1.82) is 0 Å². The summed E-state index contributed by atoms with van der Waals surface area (Å²) in [5, 5.41) is 22.2. The van der Waals surface area contributed by atoms with E-state index in [-0.39, 0.29) is 30.6 Å². The summed E-state index contributed by atoms with van der Waals surface area (Å²) >= 11 is 1.46. The molecule has 1 saturated carbocycles. The van der Waals surface area contributed by atoms with Crippen molar-refractivity contribution in [1.82, 2.24) is 25.9 Å². The SMILES string of the molecule is CC(C)CC(=O)N[C@@H](Cc1ccccc1)C(=O)N[C@@H](Cc1c[nH]cn1)C(=O)N[C@H](CC1CCCCC1)[C@H](O)c1cccs1. The van der Waals surface area contributed by atoms with Gasteiger partial charge in [0.25, 0.3) is 0 Å². The van der Waals surface area contributed by atoms with Crippen LogP contribution >= 0.6 is 11.3 Å². The van der Waals surface area contributed by atoms with E-state index in [4.69, 9.17) is 0 Å². The van der Waals surface area contributed by atoms with Crippen molar-refractivity contribution >= 4 is 29.1 Å². The Morgan fingerprint density at radius 3 is 2.33 bits per heavy atom. The van der Waals surface area contributed by atoms with Gasteiger partial charge in [0, 0.05) is 30.3 Å². The molecule has 0 spiro atoms. The van der Waals surface area contributed by atoms with Crippen LogP contribution < -0.4 is 16.0 Å². The lowest BCUT2D eigenvalue weighted by molar-refractivity contribution is -0.132. The summed E-state index contributed by atoms with van der Waals surface area (Å²) in [7, 11) is 0. The predicted octanol–water partition coefficient (Wildman–Crippen LogP) is 4.46. The Morgan fingerprint density at radius 1 is 0.953 bits per heavy atom. The summed E-state index contributed by atoms with van der Waals surface area (Å²) in [5.41, 5.74) is 1.51. The van der Waals surface area contributed by atoms with E-state index >= 15 is 0 Å². The quantitative estimate of drug-likeness (QED) is 0.174. The summed E-state index contributed by atoms with van der Waals surface area (Å²) in [6.07, 6.45) is 9.45. The molecular weight excluding hydrogens is 562 g/mol. The molecule has 43 heavy (non-hydrogen) atoms. The Hall–Kier alpha value is -3.50. The second kappa shape index (κ2) is 16.4. The van der Waals surface area contributed by atoms with Crippen molar-refractivity contribution in [2.75, 3.05) is 0 Å². The molecule has 1 aromatic carbocycles. The number of imidazole rings is 1. The first kappa shape index (κ1) is 32.4. The molecule has 0 saturated heterocycles. The van der Waals surface area contributed by atoms with Gasteiger partial charge in [-0.25, -0.2) is 4.98 Å². The minimum atomic E-state index is -0.958. The molecule has 4 rings (SSSR count). The highest BCUT2D eigenvalue weighted by atomic mass is 32.1. The van der Waals surface area contributed by atoms with Gasteiger partial charge in [0.2, 0.25) is 17.7 Å². The van der Waals surface area contributed by atoms with Gasteiger partial charge in [0.1, 0.15) is 18.2 Å². The Balaban J connectivity index is 1.53. The molecule has 10 heteroatoms. The largest absolute Gasteiger partial charge is 0.385 e. The lowest BCUT2D eigenvalue weighted by atomic mass is 9.83. The summed E-state index contributed by atoms with van der Waals surface area (Å²) < 4.78 is 0. The average molecular weight is 608 g/mol. The molecule has 232 valence electrons. The number of thiophene rings is 1. The molecule has 0 radical (unpaired) electrons. The van der Waals surface area contributed by atoms with Gasteiger partial charge in [-0.15, -0.1) is 11.3 Å². The molecule has 0 bridgehead atoms. The number of nitrogens with zero attached hydrogens (tertiary/aromatic N) is 1. The molecule has 4 atom stereocenters. The van der Waals surface area contributed by atoms with Gasteiger partial charge in [0.05, 0.1) is 18.1 Å². The molecular formula is C33H45N5O4S. The molecule has 9 nitrogen and oxygen atoms in total. The number of rotatable bonds is 15. The van der Waals surface area contributed by atoms with Crippen LogP contribution in [-0.2, 0) is 27.2 Å². The van der Waals surface area contributed by atoms with Crippen LogP contribution in [0.25, 0.3) is 0 Å². The van der Waals surface area contributed by atoms with E-state index in [9.17, 15) is 19.5 Å². The Morgan fingerprint density at radius 2 is 1.67 bits per heavy atom. The molecule has 3 amide bonds. The molecule has 1 aliphatic carbocycles. The number of aromatic amines is 1. The van der Waals surface area contributed by atoms with Crippen molar-refractivity contribution in [3.63, 3.8) is 0 Å². The number of nitrogens with one attached hydrogen (secondary N) is 4. The number of benzene rings is 1. The molecule has 0 aliphatic heterocycles. The minimum absolute atomic E-state index is 0.134. The summed E-state index contributed by atoms with van der Waals surface area (Å²) in [5.74, 6) is -0.501. The second-order valence-electron chi connectivity index (χ2n) is 12.0. The maximum absolute atomic E-state index is 13.9. The second-order valence-corrected chi connectivity index (χ2v) is 13.0. The van der Waals surface area contributed by atoms with Gasteiger partial charge in [-0.1, -0.05) is 82.3 Å². The lowest BCUT2D eigenvalue weighted by Gasteiger charge is -2.31. The van der Waals surface area contributed by atoms with Crippen LogP contribution in [0, 0.1) is 11.8 Å². The Bertz CT molecular complexity index is 1260. The lowest BCUT2D eigenvalue weighted by Crippen LogP contribution is -2.56. The van der Waals surface area contributed by atoms with Gasteiger partial charge in [0.15, 0.2) is 0 Å². The zero-order chi connectivity index (χ0) is 30.6. The summed E-state index contributed by atoms with van der Waals surface area (Å²) in [6.45, 7) is 3.90. The number of hydrogen-bond donors (Lipinski definition) is 5. The van der Waals surface area contributed by atoms with Crippen LogP contribution in [0.3, 0.4) is 0 Å². The average Bonchev–Trinajstić information content (AvgIpc) is 3.71. The molecule has 2 aromatic heterocycles. The maximum Gasteiger partial charge on any atom is 0.243 e. The number of H-pyrrole nitrogens is 1. The van der Waals surface area contributed by atoms with Gasteiger partial charge < -0.3 is 26.0 Å². The number of carbonyl (C=O) groups is 3. The van der Waals surface area contributed by atoms with Crippen LogP contribution in [0.5, 0.6) is 0 Å². The van der Waals surface area contributed by atoms with Crippen LogP contribution in [0.1, 0.15) is 81.0 Å². The fourth-order valence-electron chi connectivity index (χ4n) is 5.77. The first-order chi connectivity index (χ1) is 20.8. The number of aliphatic hydroxyl groups excluding tert-OH is 1. The fourth-order valence-corrected chi connectivity index (χ4v) is 6.54. The van der Waals surface area contributed by atoms with Crippen LogP contribution in [0.4, 0.5) is 0 Å². The van der Waals surface area contributed by atoms with E-state index in [1.54, 1.807) is 6.20 Å². The first-order valence-corrected chi connectivity index (χ1v) is 16.3. The number of aliphatic hydroxyl groups is 1. The molecule has 0 unspecified atom stereocenters. The van der Waals surface area contributed by atoms with E-state index in [0.29, 0.717) is 24.5 Å². The zero-order valence-corrected chi connectivity index (χ0v) is 25.9. The molecule has 2 heterocycles. The van der Waals surface area contributed by atoms with Crippen LogP contribution in [0.2, 0.25) is 0 Å². The van der Waals surface area contributed by atoms with Crippen molar-refractivity contribution < 1.29 is 19.5 Å². The predicted molar refractivity (Wildman–Crippen MR) is 168 cm³/mol. The van der Waals surface area contributed by atoms with Gasteiger partial charge >= 0.3 is 0 Å². The van der Waals surface area contributed by atoms with E-state index in [2.05, 4.69) is 25.9 Å². The van der Waals surface area contributed by atoms with Gasteiger partial charge in [-0.05, 0) is 35.3 Å². The van der Waals surface area contributed by atoms with Crippen LogP contribution in [-0.4, -0.2) is 50.9 Å². The summed E-state index contributed by atoms with van der Waals surface area (Å²) in [6, 6.07) is 10.9. The first-order valence-electron chi connectivity index (χ1n) is 15.4. The standard InChI is InChI=1S/C33H45N5O4S/c1-22(2)16-30(39)36-27(18-24-12-7-4-8-13-24)32(41)38-28(19-25-20-34-21-35-25)33(42)37-26(17-23-10-5-3-6-11-23)31(40)29-14-9-15-43-29/h4,7-9,12-15,20-23,26-28,31,40H,3,5-6,10-11,16-19H2,1-2H3,(H,34,35)(H,36,39)(H,37,42)(H,38,41)/t26-,27+,28+,31+/m1/s1. The van der Waals surface area contributed by atoms with Crippen molar-refractivity contribution in [3.8, 4) is 0 Å². The highest BCUT2D eigenvalue weighted by molar-refractivity contribution is 7.10. The van der Waals surface area contributed by atoms with Crippen LogP contribution in [0.15, 0.2) is 60.4 Å². The third-order valence-corrected chi connectivity index (χ3v) is 8.93. The van der Waals surface area contributed by atoms with Crippen molar-refractivity contribution in [2.24, 2.45) is 11.8 Å². The van der Waals surface area contributed by atoms with E-state index < -0.39 is 30.1 Å². The normalized spacial score (nSPS) is 16.7. The number of carbonyl (C=O) groups excluding carboxylic acids is 3. The summed E-state index contributed by atoms with van der Waals surface area (Å²) in [4.78, 5) is 48.4. The molecule has 3 aromatic rings. The monoisotopic (exact) mass is 607 g/mol. The minimum Gasteiger partial charge on any atom is -0.385 e. The number of hydrogen-bond acceptors (Lipinski definition) is 6. The smallest absolute Gasteiger partial charge is 0.243 e. The fraction of sp³-hybridized carbons (Fsp3) is 0.515. The Labute approximate surface area is 258 Å². The van der Waals surface area contributed by atoms with Crippen molar-refractivity contribution in [2.45, 2.75) is 95.9 Å². The molecule has 5 N–H and O–H groups in total. The number of amides is 3. The third kappa shape index (κ3) is 10.3. The number of aromatic nitrogens is 2. The topological polar surface area (TPSA) is 136 Å². The third-order valence-electron chi connectivity index (χ3n) is 7.98. The van der Waals surface area contributed by atoms with Gasteiger partial charge in [-0.2, -0.15) is 0 Å². The molecule has 1 aliphatic rings. The highest BCUT2D eigenvalue weighted by Crippen LogP contribution is 2.32. The maximum atomic E-state index is 13.9. The van der Waals surface area contributed by atoms with E-state index in [1.165, 1.54) is 24.1 Å². The van der Waals surface area contributed by atoms with E-state index in [0.717, 1.165) is 36.1 Å². The van der Waals surface area contributed by atoms with Crippen molar-refractivity contribution in [3.05, 3.63) is 76.5 Å². The van der Waals surface area contributed by atoms with Gasteiger partial charge in [-0.3, -0.25) is 14.4 Å².